The van der Waals surface area contributed by atoms with E-state index < -0.39 is 4.92 Å². The maximum absolute atomic E-state index is 13.4. The van der Waals surface area contributed by atoms with Gasteiger partial charge in [-0.2, -0.15) is 0 Å². The van der Waals surface area contributed by atoms with Crippen molar-refractivity contribution in [2.45, 2.75) is 6.54 Å². The molecule has 0 fully saturated rings. The SMILES string of the molecule is O=[N+]([O-])c1ccc(Cl)c(NCc2ccccc2F)c1. The van der Waals surface area contributed by atoms with Gasteiger partial charge in [-0.15, -0.1) is 0 Å². The molecule has 0 aliphatic heterocycles. The second kappa shape index (κ2) is 5.67. The summed E-state index contributed by atoms with van der Waals surface area (Å²) in [5.41, 5.74) is 0.796. The molecule has 2 aromatic carbocycles. The molecular formula is C13H10ClFN2O2. The third-order valence-electron chi connectivity index (χ3n) is 2.59. The van der Waals surface area contributed by atoms with E-state index in [9.17, 15) is 14.5 Å². The van der Waals surface area contributed by atoms with Crippen molar-refractivity contribution in [3.8, 4) is 0 Å². The maximum atomic E-state index is 13.4. The van der Waals surface area contributed by atoms with Gasteiger partial charge in [-0.3, -0.25) is 10.1 Å². The Morgan fingerprint density at radius 1 is 1.26 bits per heavy atom. The van der Waals surface area contributed by atoms with Crippen LogP contribution in [-0.2, 0) is 6.54 Å². The van der Waals surface area contributed by atoms with E-state index in [0.29, 0.717) is 16.3 Å². The molecule has 2 rings (SSSR count). The fraction of sp³-hybridized carbons (Fsp3) is 0.0769. The van der Waals surface area contributed by atoms with Gasteiger partial charge in [0.2, 0.25) is 0 Å². The minimum absolute atomic E-state index is 0.0690. The Bertz CT molecular complexity index is 619. The molecule has 0 atom stereocenters. The largest absolute Gasteiger partial charge is 0.379 e. The number of halogens is 2. The average molecular weight is 281 g/mol. The predicted octanol–water partition coefficient (Wildman–Crippen LogP) is 4.00. The van der Waals surface area contributed by atoms with Gasteiger partial charge in [0.1, 0.15) is 5.82 Å². The normalized spacial score (nSPS) is 10.2. The third-order valence-corrected chi connectivity index (χ3v) is 2.92. The first kappa shape index (κ1) is 13.3. The molecule has 0 radical (unpaired) electrons. The monoisotopic (exact) mass is 280 g/mol. The number of hydrogen-bond donors (Lipinski definition) is 1. The van der Waals surface area contributed by atoms with Crippen LogP contribution in [0.4, 0.5) is 15.8 Å². The molecule has 98 valence electrons. The predicted molar refractivity (Wildman–Crippen MR) is 71.8 cm³/mol. The van der Waals surface area contributed by atoms with E-state index in [1.807, 2.05) is 0 Å². The van der Waals surface area contributed by atoms with Gasteiger partial charge in [0, 0.05) is 24.2 Å². The van der Waals surface area contributed by atoms with E-state index in [2.05, 4.69) is 5.32 Å². The van der Waals surface area contributed by atoms with Gasteiger partial charge in [-0.1, -0.05) is 29.8 Å². The Balaban J connectivity index is 2.17. The van der Waals surface area contributed by atoms with Crippen molar-refractivity contribution in [3.05, 3.63) is 69.0 Å². The van der Waals surface area contributed by atoms with Crippen LogP contribution >= 0.6 is 11.6 Å². The van der Waals surface area contributed by atoms with Crippen LogP contribution in [0.5, 0.6) is 0 Å². The Labute approximate surface area is 114 Å². The first-order valence-corrected chi connectivity index (χ1v) is 5.87. The molecule has 0 bridgehead atoms. The van der Waals surface area contributed by atoms with Crippen LogP contribution in [0, 0.1) is 15.9 Å². The van der Waals surface area contributed by atoms with Crippen LogP contribution < -0.4 is 5.32 Å². The molecule has 0 spiro atoms. The molecule has 2 aromatic rings. The van der Waals surface area contributed by atoms with Crippen LogP contribution in [0.3, 0.4) is 0 Å². The van der Waals surface area contributed by atoms with Crippen molar-refractivity contribution in [2.24, 2.45) is 0 Å². The fourth-order valence-corrected chi connectivity index (χ4v) is 1.78. The van der Waals surface area contributed by atoms with Crippen molar-refractivity contribution in [1.82, 2.24) is 0 Å². The highest BCUT2D eigenvalue weighted by molar-refractivity contribution is 6.33. The van der Waals surface area contributed by atoms with Crippen molar-refractivity contribution in [2.75, 3.05) is 5.32 Å². The molecular weight excluding hydrogens is 271 g/mol. The lowest BCUT2D eigenvalue weighted by molar-refractivity contribution is -0.384. The summed E-state index contributed by atoms with van der Waals surface area (Å²) in [6.45, 7) is 0.202. The van der Waals surface area contributed by atoms with Gasteiger partial charge in [-0.05, 0) is 12.1 Å². The van der Waals surface area contributed by atoms with Crippen LogP contribution in [0.25, 0.3) is 0 Å². The minimum Gasteiger partial charge on any atom is -0.379 e. The van der Waals surface area contributed by atoms with Crippen LogP contribution in [0.2, 0.25) is 5.02 Å². The first-order chi connectivity index (χ1) is 9.08. The standard InChI is InChI=1S/C13H10ClFN2O2/c14-11-6-5-10(17(18)19)7-13(11)16-8-9-3-1-2-4-12(9)15/h1-7,16H,8H2. The Hall–Kier alpha value is -2.14. The summed E-state index contributed by atoms with van der Waals surface area (Å²) < 4.78 is 13.4. The van der Waals surface area contributed by atoms with Crippen molar-refractivity contribution in [1.29, 1.82) is 0 Å². The smallest absolute Gasteiger partial charge is 0.271 e. The summed E-state index contributed by atoms with van der Waals surface area (Å²) in [5.74, 6) is -0.337. The Morgan fingerprint density at radius 2 is 2.00 bits per heavy atom. The lowest BCUT2D eigenvalue weighted by atomic mass is 10.2. The van der Waals surface area contributed by atoms with Crippen molar-refractivity contribution >= 4 is 23.0 Å². The van der Waals surface area contributed by atoms with Crippen molar-refractivity contribution < 1.29 is 9.31 Å². The highest BCUT2D eigenvalue weighted by Crippen LogP contribution is 2.27. The van der Waals surface area contributed by atoms with E-state index >= 15 is 0 Å². The third kappa shape index (κ3) is 3.20. The first-order valence-electron chi connectivity index (χ1n) is 5.49. The van der Waals surface area contributed by atoms with Gasteiger partial charge in [-0.25, -0.2) is 4.39 Å². The van der Waals surface area contributed by atoms with Crippen molar-refractivity contribution in [3.63, 3.8) is 0 Å². The summed E-state index contributed by atoms with van der Waals surface area (Å²) in [6, 6.07) is 10.4. The number of anilines is 1. The second-order valence-corrected chi connectivity index (χ2v) is 4.27. The van der Waals surface area contributed by atoms with E-state index in [0.717, 1.165) is 0 Å². The zero-order valence-corrected chi connectivity index (χ0v) is 10.5. The summed E-state index contributed by atoms with van der Waals surface area (Å²) in [7, 11) is 0. The molecule has 0 heterocycles. The van der Waals surface area contributed by atoms with Gasteiger partial charge >= 0.3 is 0 Å². The summed E-state index contributed by atoms with van der Waals surface area (Å²) in [6.07, 6.45) is 0. The molecule has 6 heteroatoms. The maximum Gasteiger partial charge on any atom is 0.271 e. The number of nitrogens with one attached hydrogen (secondary N) is 1. The molecule has 1 N–H and O–H groups in total. The second-order valence-electron chi connectivity index (χ2n) is 3.87. The highest BCUT2D eigenvalue weighted by atomic mass is 35.5. The Kier molecular flexibility index (Phi) is 3.97. The molecule has 0 unspecified atom stereocenters. The van der Waals surface area contributed by atoms with Gasteiger partial charge in [0.25, 0.3) is 5.69 Å². The van der Waals surface area contributed by atoms with Crippen LogP contribution in [0.15, 0.2) is 42.5 Å². The van der Waals surface area contributed by atoms with E-state index in [-0.39, 0.29) is 18.0 Å². The van der Waals surface area contributed by atoms with Gasteiger partial charge in [0.05, 0.1) is 15.6 Å². The summed E-state index contributed by atoms with van der Waals surface area (Å²) in [4.78, 5) is 10.2. The number of nitro groups is 1. The topological polar surface area (TPSA) is 55.2 Å². The van der Waals surface area contributed by atoms with E-state index in [1.165, 1.54) is 24.3 Å². The molecule has 0 aromatic heterocycles. The number of hydrogen-bond acceptors (Lipinski definition) is 3. The quantitative estimate of drug-likeness (QED) is 0.680. The zero-order chi connectivity index (χ0) is 13.8. The minimum atomic E-state index is -0.509. The van der Waals surface area contributed by atoms with E-state index in [1.54, 1.807) is 18.2 Å². The molecule has 0 saturated heterocycles. The van der Waals surface area contributed by atoms with E-state index in [4.69, 9.17) is 11.6 Å². The number of nitrogens with zero attached hydrogens (tertiary/aromatic N) is 1. The highest BCUT2D eigenvalue weighted by Gasteiger charge is 2.10. The fourth-order valence-electron chi connectivity index (χ4n) is 1.59. The molecule has 0 aliphatic rings. The van der Waals surface area contributed by atoms with Gasteiger partial charge < -0.3 is 5.32 Å². The summed E-state index contributed by atoms with van der Waals surface area (Å²) >= 11 is 5.93. The summed E-state index contributed by atoms with van der Waals surface area (Å²) in [5, 5.41) is 13.9. The average Bonchev–Trinajstić information content (AvgIpc) is 2.39. The number of benzene rings is 2. The lowest BCUT2D eigenvalue weighted by Crippen LogP contribution is -2.02. The van der Waals surface area contributed by atoms with Crippen LogP contribution in [0.1, 0.15) is 5.56 Å². The van der Waals surface area contributed by atoms with Crippen LogP contribution in [-0.4, -0.2) is 4.92 Å². The molecule has 19 heavy (non-hydrogen) atoms. The molecule has 0 saturated carbocycles. The molecule has 4 nitrogen and oxygen atoms in total. The van der Waals surface area contributed by atoms with Gasteiger partial charge in [0.15, 0.2) is 0 Å². The molecule has 0 aliphatic carbocycles. The zero-order valence-electron chi connectivity index (χ0n) is 9.77. The molecule has 0 amide bonds. The number of non-ortho nitro benzene ring substituents is 1. The Morgan fingerprint density at radius 3 is 2.68 bits per heavy atom. The number of rotatable bonds is 4. The lowest BCUT2D eigenvalue weighted by Gasteiger charge is -2.09. The number of nitro benzene ring substituents is 1.